The summed E-state index contributed by atoms with van der Waals surface area (Å²) in [4.78, 5) is 13.7. The van der Waals surface area contributed by atoms with E-state index in [-0.39, 0.29) is 23.9 Å². The Morgan fingerprint density at radius 3 is 2.11 bits per heavy atom. The van der Waals surface area contributed by atoms with E-state index in [1.807, 2.05) is 20.8 Å². The lowest BCUT2D eigenvalue weighted by atomic mass is 9.57. The lowest BCUT2D eigenvalue weighted by molar-refractivity contribution is -0.237. The number of hydrogen-bond acceptors (Lipinski definition) is 5. The SMILES string of the molecule is CC1C[C@]2(O)CC(O)CC(OC(=O)C(CO)(CC(C)(C)C)C(C)(C)C)(C2)[C@H]1C. The van der Waals surface area contributed by atoms with E-state index in [1.54, 1.807) is 0 Å². The summed E-state index contributed by atoms with van der Waals surface area (Å²) < 4.78 is 6.28. The molecule has 2 saturated carbocycles. The van der Waals surface area contributed by atoms with Gasteiger partial charge in [-0.3, -0.25) is 4.79 Å². The molecular formula is C23H42O5. The van der Waals surface area contributed by atoms with Gasteiger partial charge in [0, 0.05) is 19.3 Å². The maximum atomic E-state index is 13.7. The first-order valence-electron chi connectivity index (χ1n) is 10.7. The average Bonchev–Trinajstić information content (AvgIpc) is 2.46. The van der Waals surface area contributed by atoms with Gasteiger partial charge in [-0.15, -0.1) is 0 Å². The van der Waals surface area contributed by atoms with Gasteiger partial charge in [0.1, 0.15) is 5.60 Å². The van der Waals surface area contributed by atoms with Gasteiger partial charge in [-0.05, 0) is 35.5 Å². The summed E-state index contributed by atoms with van der Waals surface area (Å²) in [6, 6.07) is 0. The standard InChI is InChI=1S/C23H42O5/c1-15-9-21(27)10-17(25)11-23(13-21,16(15)2)28-18(26)22(14-24,20(6,7)8)12-19(3,4)5/h15-17,24-25,27H,9-14H2,1-8H3/t15?,16-,17?,21-,22?,23?/m0/s1. The van der Waals surface area contributed by atoms with Crippen LogP contribution in [0.15, 0.2) is 0 Å². The molecule has 3 N–H and O–H groups in total. The molecule has 0 aliphatic heterocycles. The van der Waals surface area contributed by atoms with Crippen molar-refractivity contribution in [1.29, 1.82) is 0 Å². The molecule has 28 heavy (non-hydrogen) atoms. The van der Waals surface area contributed by atoms with E-state index < -0.39 is 34.1 Å². The zero-order valence-corrected chi connectivity index (χ0v) is 19.1. The van der Waals surface area contributed by atoms with Crippen LogP contribution in [0.2, 0.25) is 0 Å². The number of hydrogen-bond donors (Lipinski definition) is 3. The summed E-state index contributed by atoms with van der Waals surface area (Å²) in [5.41, 5.74) is -3.63. The first kappa shape index (κ1) is 23.6. The number of carbonyl (C=O) groups is 1. The minimum Gasteiger partial charge on any atom is -0.458 e. The second kappa shape index (κ2) is 7.24. The Morgan fingerprint density at radius 2 is 1.64 bits per heavy atom. The number of esters is 1. The molecule has 0 aromatic rings. The number of aliphatic hydroxyl groups is 3. The fourth-order valence-electron chi connectivity index (χ4n) is 5.77. The van der Waals surface area contributed by atoms with Crippen molar-refractivity contribution in [3.63, 3.8) is 0 Å². The molecule has 0 spiro atoms. The van der Waals surface area contributed by atoms with Crippen molar-refractivity contribution in [2.75, 3.05) is 6.61 Å². The minimum absolute atomic E-state index is 0.0256. The Bertz CT molecular complexity index is 589. The molecular weight excluding hydrogens is 356 g/mol. The van der Waals surface area contributed by atoms with Gasteiger partial charge < -0.3 is 20.1 Å². The van der Waals surface area contributed by atoms with Crippen LogP contribution in [0.3, 0.4) is 0 Å². The number of carbonyl (C=O) groups excluding carboxylic acids is 1. The van der Waals surface area contributed by atoms with Crippen molar-refractivity contribution >= 4 is 5.97 Å². The van der Waals surface area contributed by atoms with Crippen LogP contribution in [-0.2, 0) is 9.53 Å². The number of rotatable bonds is 4. The Hall–Kier alpha value is -0.650. The topological polar surface area (TPSA) is 87.0 Å². The van der Waals surface area contributed by atoms with E-state index in [0.717, 1.165) is 0 Å². The van der Waals surface area contributed by atoms with Crippen LogP contribution in [0.25, 0.3) is 0 Å². The van der Waals surface area contributed by atoms with Crippen LogP contribution in [0.1, 0.15) is 87.5 Å². The number of ether oxygens (including phenoxy) is 1. The number of aliphatic hydroxyl groups excluding tert-OH is 2. The van der Waals surface area contributed by atoms with Gasteiger partial charge in [-0.2, -0.15) is 0 Å². The summed E-state index contributed by atoms with van der Waals surface area (Å²) in [5, 5.41) is 31.9. The smallest absolute Gasteiger partial charge is 0.315 e. The van der Waals surface area contributed by atoms with E-state index in [2.05, 4.69) is 34.6 Å². The first-order valence-corrected chi connectivity index (χ1v) is 10.7. The predicted molar refractivity (Wildman–Crippen MR) is 110 cm³/mol. The first-order chi connectivity index (χ1) is 12.5. The molecule has 4 unspecified atom stereocenters. The third kappa shape index (κ3) is 4.27. The van der Waals surface area contributed by atoms with Crippen molar-refractivity contribution in [2.45, 2.75) is 105 Å². The molecule has 0 amide bonds. The zero-order valence-electron chi connectivity index (χ0n) is 19.1. The predicted octanol–water partition coefficient (Wildman–Crippen LogP) is 3.68. The molecule has 0 aromatic heterocycles. The van der Waals surface area contributed by atoms with Crippen LogP contribution < -0.4 is 0 Å². The third-order valence-electron chi connectivity index (χ3n) is 7.43. The van der Waals surface area contributed by atoms with Crippen molar-refractivity contribution in [2.24, 2.45) is 28.1 Å². The van der Waals surface area contributed by atoms with E-state index >= 15 is 0 Å². The molecule has 0 aromatic carbocycles. The summed E-state index contributed by atoms with van der Waals surface area (Å²) in [5.74, 6) is -0.202. The maximum Gasteiger partial charge on any atom is 0.315 e. The van der Waals surface area contributed by atoms with Gasteiger partial charge in [0.2, 0.25) is 0 Å². The highest BCUT2D eigenvalue weighted by Gasteiger charge is 2.60. The maximum absolute atomic E-state index is 13.7. The summed E-state index contributed by atoms with van der Waals surface area (Å²) in [6.45, 7) is 15.9. The molecule has 0 radical (unpaired) electrons. The van der Waals surface area contributed by atoms with E-state index in [9.17, 15) is 20.1 Å². The van der Waals surface area contributed by atoms with E-state index in [1.165, 1.54) is 0 Å². The summed E-state index contributed by atoms with van der Waals surface area (Å²) in [7, 11) is 0. The molecule has 2 fully saturated rings. The normalized spacial score (nSPS) is 38.6. The average molecular weight is 399 g/mol. The second-order valence-electron chi connectivity index (χ2n) is 12.1. The van der Waals surface area contributed by atoms with Crippen LogP contribution >= 0.6 is 0 Å². The van der Waals surface area contributed by atoms with Crippen molar-refractivity contribution in [3.05, 3.63) is 0 Å². The Labute approximate surface area is 170 Å². The summed E-state index contributed by atoms with van der Waals surface area (Å²) >= 11 is 0. The highest BCUT2D eigenvalue weighted by molar-refractivity contribution is 5.78. The van der Waals surface area contributed by atoms with Gasteiger partial charge >= 0.3 is 5.97 Å². The largest absolute Gasteiger partial charge is 0.458 e. The molecule has 0 heterocycles. The van der Waals surface area contributed by atoms with Gasteiger partial charge in [-0.25, -0.2) is 0 Å². The lowest BCUT2D eigenvalue weighted by Crippen LogP contribution is -2.63. The van der Waals surface area contributed by atoms with Gasteiger partial charge in [0.15, 0.2) is 0 Å². The fourth-order valence-corrected chi connectivity index (χ4v) is 5.77. The van der Waals surface area contributed by atoms with E-state index in [0.29, 0.717) is 32.1 Å². The molecule has 2 aliphatic carbocycles. The van der Waals surface area contributed by atoms with Crippen molar-refractivity contribution in [1.82, 2.24) is 0 Å². The van der Waals surface area contributed by atoms with Gasteiger partial charge in [0.25, 0.3) is 0 Å². The molecule has 164 valence electrons. The molecule has 5 nitrogen and oxygen atoms in total. The molecule has 5 heteroatoms. The van der Waals surface area contributed by atoms with Crippen LogP contribution in [0.5, 0.6) is 0 Å². The molecule has 6 atom stereocenters. The van der Waals surface area contributed by atoms with Gasteiger partial charge in [0.05, 0.1) is 23.7 Å². The Kier molecular flexibility index (Phi) is 6.11. The molecule has 0 saturated heterocycles. The van der Waals surface area contributed by atoms with Crippen LogP contribution in [0.4, 0.5) is 0 Å². The minimum atomic E-state index is -1.05. The summed E-state index contributed by atoms with van der Waals surface area (Å²) in [6.07, 6.45) is 1.43. The Balaban J connectivity index is 2.45. The quantitative estimate of drug-likeness (QED) is 0.629. The van der Waals surface area contributed by atoms with Crippen molar-refractivity contribution < 1.29 is 24.9 Å². The number of fused-ring (bicyclic) bond motifs is 2. The second-order valence-corrected chi connectivity index (χ2v) is 12.1. The molecule has 2 aliphatic rings. The van der Waals surface area contributed by atoms with Crippen LogP contribution in [0, 0.1) is 28.1 Å². The highest BCUT2D eigenvalue weighted by atomic mass is 16.6. The highest BCUT2D eigenvalue weighted by Crippen LogP contribution is 2.55. The molecule has 2 rings (SSSR count). The lowest BCUT2D eigenvalue weighted by Gasteiger charge is -2.57. The molecule has 2 bridgehead atoms. The Morgan fingerprint density at radius 1 is 1.07 bits per heavy atom. The van der Waals surface area contributed by atoms with Gasteiger partial charge in [-0.1, -0.05) is 55.4 Å². The van der Waals surface area contributed by atoms with Crippen molar-refractivity contribution in [3.8, 4) is 0 Å². The van der Waals surface area contributed by atoms with E-state index in [4.69, 9.17) is 4.74 Å². The zero-order chi connectivity index (χ0) is 21.8. The monoisotopic (exact) mass is 398 g/mol. The fraction of sp³-hybridized carbons (Fsp3) is 0.957. The third-order valence-corrected chi connectivity index (χ3v) is 7.43. The van der Waals surface area contributed by atoms with Crippen LogP contribution in [-0.4, -0.2) is 45.2 Å².